The summed E-state index contributed by atoms with van der Waals surface area (Å²) in [5, 5.41) is 0. The van der Waals surface area contributed by atoms with Gasteiger partial charge in [0.25, 0.3) is 0 Å². The standard InChI is InChI=1S/C10H17BrO2/c1-9(11)7-5-3-4-6-8-13-10(2)12/h1,3-8H2,2H3. The van der Waals surface area contributed by atoms with Crippen molar-refractivity contribution in [3.63, 3.8) is 0 Å². The zero-order valence-electron chi connectivity index (χ0n) is 8.14. The van der Waals surface area contributed by atoms with Crippen molar-refractivity contribution in [1.29, 1.82) is 0 Å². The molecule has 0 spiro atoms. The Kier molecular flexibility index (Phi) is 8.10. The van der Waals surface area contributed by atoms with Crippen LogP contribution in [0.25, 0.3) is 0 Å². The first-order chi connectivity index (χ1) is 6.13. The van der Waals surface area contributed by atoms with E-state index in [1.165, 1.54) is 13.3 Å². The molecule has 0 heterocycles. The molecular weight excluding hydrogens is 232 g/mol. The van der Waals surface area contributed by atoms with Gasteiger partial charge in [0.2, 0.25) is 0 Å². The Bertz CT molecular complexity index is 148. The molecule has 0 aromatic carbocycles. The van der Waals surface area contributed by atoms with E-state index in [1.54, 1.807) is 0 Å². The lowest BCUT2D eigenvalue weighted by atomic mass is 10.1. The number of unbranched alkanes of at least 4 members (excludes halogenated alkanes) is 3. The molecule has 0 rings (SSSR count). The van der Waals surface area contributed by atoms with E-state index < -0.39 is 0 Å². The first kappa shape index (κ1) is 12.7. The highest BCUT2D eigenvalue weighted by Crippen LogP contribution is 2.12. The Hall–Kier alpha value is -0.310. The van der Waals surface area contributed by atoms with Gasteiger partial charge in [0.1, 0.15) is 0 Å². The van der Waals surface area contributed by atoms with Crippen LogP contribution in [-0.4, -0.2) is 12.6 Å². The summed E-state index contributed by atoms with van der Waals surface area (Å²) in [6, 6.07) is 0. The van der Waals surface area contributed by atoms with Gasteiger partial charge in [-0.05, 0) is 23.7 Å². The zero-order valence-corrected chi connectivity index (χ0v) is 9.73. The first-order valence-corrected chi connectivity index (χ1v) is 5.39. The fourth-order valence-corrected chi connectivity index (χ4v) is 1.27. The molecule has 0 aromatic heterocycles. The van der Waals surface area contributed by atoms with Gasteiger partial charge in [0.15, 0.2) is 0 Å². The molecule has 0 saturated carbocycles. The van der Waals surface area contributed by atoms with Crippen LogP contribution >= 0.6 is 15.9 Å². The van der Waals surface area contributed by atoms with Gasteiger partial charge in [0, 0.05) is 6.92 Å². The van der Waals surface area contributed by atoms with Crippen LogP contribution < -0.4 is 0 Å². The van der Waals surface area contributed by atoms with E-state index in [-0.39, 0.29) is 5.97 Å². The number of ether oxygens (including phenoxy) is 1. The highest BCUT2D eigenvalue weighted by molar-refractivity contribution is 9.11. The zero-order chi connectivity index (χ0) is 10.1. The summed E-state index contributed by atoms with van der Waals surface area (Å²) in [4.78, 5) is 10.4. The molecule has 0 atom stereocenters. The fraction of sp³-hybridized carbons (Fsp3) is 0.700. The lowest BCUT2D eigenvalue weighted by Crippen LogP contribution is -1.99. The van der Waals surface area contributed by atoms with Crippen LogP contribution in [0.1, 0.15) is 39.0 Å². The predicted molar refractivity (Wildman–Crippen MR) is 57.8 cm³/mol. The molecule has 2 nitrogen and oxygen atoms in total. The number of carbonyl (C=O) groups excluding carboxylic acids is 1. The van der Waals surface area contributed by atoms with Gasteiger partial charge in [-0.2, -0.15) is 0 Å². The van der Waals surface area contributed by atoms with Gasteiger partial charge in [-0.3, -0.25) is 4.79 Å². The maximum absolute atomic E-state index is 10.4. The van der Waals surface area contributed by atoms with Gasteiger partial charge in [-0.15, -0.1) is 0 Å². The van der Waals surface area contributed by atoms with E-state index in [1.807, 2.05) is 0 Å². The Labute approximate surface area is 88.5 Å². The molecule has 13 heavy (non-hydrogen) atoms. The summed E-state index contributed by atoms with van der Waals surface area (Å²) in [6.07, 6.45) is 5.45. The fourth-order valence-electron chi connectivity index (χ4n) is 0.988. The highest BCUT2D eigenvalue weighted by atomic mass is 79.9. The second kappa shape index (κ2) is 8.30. The number of esters is 1. The second-order valence-electron chi connectivity index (χ2n) is 3.02. The van der Waals surface area contributed by atoms with E-state index in [4.69, 9.17) is 4.74 Å². The van der Waals surface area contributed by atoms with Crippen LogP contribution in [0.5, 0.6) is 0 Å². The van der Waals surface area contributed by atoms with Gasteiger partial charge < -0.3 is 4.74 Å². The van der Waals surface area contributed by atoms with Crippen LogP contribution in [0, 0.1) is 0 Å². The molecule has 0 aliphatic carbocycles. The average molecular weight is 249 g/mol. The topological polar surface area (TPSA) is 26.3 Å². The third-order valence-electron chi connectivity index (χ3n) is 1.65. The minimum absolute atomic E-state index is 0.186. The van der Waals surface area contributed by atoms with E-state index in [9.17, 15) is 4.79 Å². The molecule has 0 amide bonds. The largest absolute Gasteiger partial charge is 0.466 e. The number of hydrogen-bond acceptors (Lipinski definition) is 2. The third-order valence-corrected chi connectivity index (χ3v) is 2.04. The summed E-state index contributed by atoms with van der Waals surface area (Å²) in [7, 11) is 0. The summed E-state index contributed by atoms with van der Waals surface area (Å²) in [5.74, 6) is -0.186. The molecule has 0 aliphatic rings. The first-order valence-electron chi connectivity index (χ1n) is 4.59. The number of hydrogen-bond donors (Lipinski definition) is 0. The minimum Gasteiger partial charge on any atom is -0.466 e. The average Bonchev–Trinajstić information content (AvgIpc) is 2.01. The van der Waals surface area contributed by atoms with Crippen molar-refractivity contribution in [2.45, 2.75) is 39.0 Å². The maximum atomic E-state index is 10.4. The molecule has 0 aromatic rings. The number of allylic oxidation sites excluding steroid dienone is 1. The lowest BCUT2D eigenvalue weighted by Gasteiger charge is -2.01. The molecule has 3 heteroatoms. The molecule has 0 N–H and O–H groups in total. The lowest BCUT2D eigenvalue weighted by molar-refractivity contribution is -0.141. The Morgan fingerprint density at radius 3 is 2.46 bits per heavy atom. The Morgan fingerprint density at radius 1 is 1.31 bits per heavy atom. The second-order valence-corrected chi connectivity index (χ2v) is 4.14. The van der Waals surface area contributed by atoms with E-state index >= 15 is 0 Å². The summed E-state index contributed by atoms with van der Waals surface area (Å²) in [5.41, 5.74) is 0. The number of halogens is 1. The van der Waals surface area contributed by atoms with E-state index in [0.717, 1.165) is 30.2 Å². The highest BCUT2D eigenvalue weighted by Gasteiger charge is 1.94. The van der Waals surface area contributed by atoms with Crippen LogP contribution in [0.3, 0.4) is 0 Å². The number of rotatable bonds is 7. The van der Waals surface area contributed by atoms with E-state index in [0.29, 0.717) is 6.61 Å². The van der Waals surface area contributed by atoms with Gasteiger partial charge in [-0.1, -0.05) is 35.4 Å². The molecular formula is C10H17BrO2. The minimum atomic E-state index is -0.186. The molecule has 0 radical (unpaired) electrons. The van der Waals surface area contributed by atoms with Gasteiger partial charge in [-0.25, -0.2) is 0 Å². The van der Waals surface area contributed by atoms with Crippen molar-refractivity contribution in [2.75, 3.05) is 6.61 Å². The van der Waals surface area contributed by atoms with Crippen molar-refractivity contribution < 1.29 is 9.53 Å². The van der Waals surface area contributed by atoms with Gasteiger partial charge in [0.05, 0.1) is 6.61 Å². The molecule has 0 unspecified atom stereocenters. The van der Waals surface area contributed by atoms with Crippen molar-refractivity contribution in [1.82, 2.24) is 0 Å². The van der Waals surface area contributed by atoms with Crippen LogP contribution in [0.4, 0.5) is 0 Å². The Morgan fingerprint density at radius 2 is 1.92 bits per heavy atom. The molecule has 0 bridgehead atoms. The molecule has 0 aliphatic heterocycles. The summed E-state index contributed by atoms with van der Waals surface area (Å²) < 4.78 is 5.87. The van der Waals surface area contributed by atoms with Crippen molar-refractivity contribution in [2.24, 2.45) is 0 Å². The summed E-state index contributed by atoms with van der Waals surface area (Å²) >= 11 is 3.31. The smallest absolute Gasteiger partial charge is 0.302 e. The predicted octanol–water partition coefficient (Wildman–Crippen LogP) is 3.41. The Balaban J connectivity index is 3.00. The normalized spacial score (nSPS) is 9.69. The monoisotopic (exact) mass is 248 g/mol. The van der Waals surface area contributed by atoms with Crippen molar-refractivity contribution >= 4 is 21.9 Å². The van der Waals surface area contributed by atoms with Crippen molar-refractivity contribution in [3.05, 3.63) is 11.1 Å². The SMILES string of the molecule is C=C(Br)CCCCCCOC(C)=O. The number of carbonyl (C=O) groups is 1. The van der Waals surface area contributed by atoms with Crippen LogP contribution in [-0.2, 0) is 9.53 Å². The molecule has 0 fully saturated rings. The molecule has 76 valence electrons. The van der Waals surface area contributed by atoms with Gasteiger partial charge >= 0.3 is 5.97 Å². The maximum Gasteiger partial charge on any atom is 0.302 e. The quantitative estimate of drug-likeness (QED) is 0.510. The molecule has 0 saturated heterocycles. The van der Waals surface area contributed by atoms with Crippen molar-refractivity contribution in [3.8, 4) is 0 Å². The summed E-state index contributed by atoms with van der Waals surface area (Å²) in [6.45, 7) is 5.76. The van der Waals surface area contributed by atoms with Crippen LogP contribution in [0.2, 0.25) is 0 Å². The van der Waals surface area contributed by atoms with E-state index in [2.05, 4.69) is 22.5 Å². The van der Waals surface area contributed by atoms with Crippen LogP contribution in [0.15, 0.2) is 11.1 Å². The third kappa shape index (κ3) is 11.7.